The molecule has 0 radical (unpaired) electrons. The van der Waals surface area contributed by atoms with Gasteiger partial charge in [0.1, 0.15) is 16.2 Å². The lowest BCUT2D eigenvalue weighted by molar-refractivity contribution is -0.119. The normalized spacial score (nSPS) is 11.3. The maximum atomic E-state index is 12.1. The zero-order valence-corrected chi connectivity index (χ0v) is 12.5. The summed E-state index contributed by atoms with van der Waals surface area (Å²) in [7, 11) is -3.04. The molecule has 98 valence electrons. The van der Waals surface area contributed by atoms with Gasteiger partial charge in [0.25, 0.3) is 8.07 Å². The van der Waals surface area contributed by atoms with E-state index in [1.807, 2.05) is 20.8 Å². The second kappa shape index (κ2) is 7.53. The maximum Gasteiger partial charge on any atom is 0.276 e. The van der Waals surface area contributed by atoms with Gasteiger partial charge in [-0.2, -0.15) is 0 Å². The molecule has 0 aliphatic rings. The van der Waals surface area contributed by atoms with Gasteiger partial charge in [0.05, 0.1) is 0 Å². The highest BCUT2D eigenvalue weighted by molar-refractivity contribution is 7.40. The average Bonchev–Trinajstić information content (AvgIpc) is 2.28. The summed E-state index contributed by atoms with van der Waals surface area (Å²) >= 11 is 0. The summed E-state index contributed by atoms with van der Waals surface area (Å²) in [6, 6.07) is 0. The molecule has 0 rings (SSSR count). The van der Waals surface area contributed by atoms with Crippen molar-refractivity contribution in [3.8, 4) is 0 Å². The predicted molar refractivity (Wildman–Crippen MR) is 71.4 cm³/mol. The van der Waals surface area contributed by atoms with E-state index in [2.05, 4.69) is 0 Å². The van der Waals surface area contributed by atoms with Crippen LogP contribution in [0.3, 0.4) is 0 Å². The third-order valence-electron chi connectivity index (χ3n) is 3.10. The van der Waals surface area contributed by atoms with Crippen LogP contribution >= 0.6 is 0 Å². The minimum Gasteiger partial charge on any atom is -0.304 e. The SMILES string of the molecule is CCCC(=O)[Si](C)(C(=O)CCC)C(=O)CCC. The van der Waals surface area contributed by atoms with Crippen LogP contribution in [0.2, 0.25) is 6.55 Å². The molecule has 0 aromatic heterocycles. The lowest BCUT2D eigenvalue weighted by atomic mass is 10.4. The molecule has 0 aliphatic carbocycles. The van der Waals surface area contributed by atoms with Gasteiger partial charge < -0.3 is 14.4 Å². The van der Waals surface area contributed by atoms with E-state index < -0.39 is 8.07 Å². The minimum atomic E-state index is -3.04. The molecule has 0 atom stereocenters. The Balaban J connectivity index is 5.12. The molecule has 0 fully saturated rings. The Hall–Kier alpha value is -0.773. The Kier molecular flexibility index (Phi) is 7.19. The van der Waals surface area contributed by atoms with Crippen molar-refractivity contribution in [1.82, 2.24) is 0 Å². The first-order valence-electron chi connectivity index (χ1n) is 6.54. The Morgan fingerprint density at radius 2 is 0.941 bits per heavy atom. The molecule has 0 aromatic rings. The highest BCUT2D eigenvalue weighted by Crippen LogP contribution is 2.17. The summed E-state index contributed by atoms with van der Waals surface area (Å²) in [5, 5.41) is -0.217. The van der Waals surface area contributed by atoms with E-state index in [1.54, 1.807) is 6.55 Å². The van der Waals surface area contributed by atoms with Crippen molar-refractivity contribution in [3.63, 3.8) is 0 Å². The quantitative estimate of drug-likeness (QED) is 0.596. The number of hydrogen-bond donors (Lipinski definition) is 0. The molecule has 0 saturated heterocycles. The van der Waals surface area contributed by atoms with Gasteiger partial charge >= 0.3 is 0 Å². The summed E-state index contributed by atoms with van der Waals surface area (Å²) in [5.74, 6) is 0. The molecule has 0 spiro atoms. The highest BCUT2D eigenvalue weighted by Gasteiger charge is 2.48. The number of hydrogen-bond acceptors (Lipinski definition) is 3. The monoisotopic (exact) mass is 256 g/mol. The van der Waals surface area contributed by atoms with Gasteiger partial charge in [-0.3, -0.25) is 0 Å². The van der Waals surface area contributed by atoms with Crippen molar-refractivity contribution in [3.05, 3.63) is 0 Å². The van der Waals surface area contributed by atoms with E-state index in [0.29, 0.717) is 38.5 Å². The lowest BCUT2D eigenvalue weighted by Crippen LogP contribution is -2.56. The maximum absolute atomic E-state index is 12.1. The molecule has 0 aromatic carbocycles. The van der Waals surface area contributed by atoms with Crippen LogP contribution < -0.4 is 0 Å². The van der Waals surface area contributed by atoms with Gasteiger partial charge in [0, 0.05) is 19.3 Å². The van der Waals surface area contributed by atoms with Crippen molar-refractivity contribution in [2.75, 3.05) is 0 Å². The topological polar surface area (TPSA) is 51.2 Å². The third-order valence-corrected chi connectivity index (χ3v) is 7.20. The van der Waals surface area contributed by atoms with Gasteiger partial charge in [-0.1, -0.05) is 20.8 Å². The first-order valence-corrected chi connectivity index (χ1v) is 9.04. The molecule has 17 heavy (non-hydrogen) atoms. The molecule has 0 N–H and O–H groups in total. The fourth-order valence-electron chi connectivity index (χ4n) is 1.90. The second-order valence-electron chi connectivity index (χ2n) is 4.64. The summed E-state index contributed by atoms with van der Waals surface area (Å²) in [6.45, 7) is 7.37. The Morgan fingerprint density at radius 3 is 1.12 bits per heavy atom. The van der Waals surface area contributed by atoms with Crippen molar-refractivity contribution in [2.24, 2.45) is 0 Å². The first kappa shape index (κ1) is 16.2. The number of carbonyl (C=O) groups excluding carboxylic acids is 3. The Labute approximate surface area is 105 Å². The van der Waals surface area contributed by atoms with Gasteiger partial charge in [0.15, 0.2) is 0 Å². The fraction of sp³-hybridized carbons (Fsp3) is 0.769. The van der Waals surface area contributed by atoms with Crippen molar-refractivity contribution in [2.45, 2.75) is 65.8 Å². The van der Waals surface area contributed by atoms with Crippen LogP contribution in [0.5, 0.6) is 0 Å². The van der Waals surface area contributed by atoms with Gasteiger partial charge in [-0.25, -0.2) is 0 Å². The molecule has 0 aliphatic heterocycles. The standard InChI is InChI=1S/C13H24O3Si/c1-5-8-11(14)17(4,12(15)9-6-2)13(16)10-7-3/h5-10H2,1-4H3. The van der Waals surface area contributed by atoms with E-state index >= 15 is 0 Å². The largest absolute Gasteiger partial charge is 0.304 e. The summed E-state index contributed by atoms with van der Waals surface area (Å²) in [5.41, 5.74) is 0. The van der Waals surface area contributed by atoms with E-state index in [1.165, 1.54) is 0 Å². The molecule has 0 heterocycles. The predicted octanol–water partition coefficient (Wildman–Crippen LogP) is 2.79. The van der Waals surface area contributed by atoms with Crippen molar-refractivity contribution < 1.29 is 14.4 Å². The molecule has 4 heteroatoms. The van der Waals surface area contributed by atoms with Crippen LogP contribution in [-0.4, -0.2) is 24.3 Å². The van der Waals surface area contributed by atoms with Crippen LogP contribution in [0.4, 0.5) is 0 Å². The molecule has 3 nitrogen and oxygen atoms in total. The number of rotatable bonds is 9. The molecular formula is C13H24O3Si. The van der Waals surface area contributed by atoms with Crippen LogP contribution in [0.25, 0.3) is 0 Å². The number of carbonyl (C=O) groups is 3. The van der Waals surface area contributed by atoms with E-state index in [-0.39, 0.29) is 16.2 Å². The highest BCUT2D eigenvalue weighted by atomic mass is 28.3. The molecule has 0 saturated carbocycles. The summed E-state index contributed by atoms with van der Waals surface area (Å²) < 4.78 is 0. The lowest BCUT2D eigenvalue weighted by Gasteiger charge is -2.22. The van der Waals surface area contributed by atoms with Gasteiger partial charge in [0.2, 0.25) is 0 Å². The van der Waals surface area contributed by atoms with E-state index in [4.69, 9.17) is 0 Å². The Bertz CT molecular complexity index is 251. The minimum absolute atomic E-state index is 0.0723. The first-order chi connectivity index (χ1) is 7.94. The molecule has 0 unspecified atom stereocenters. The van der Waals surface area contributed by atoms with Crippen LogP contribution in [0, 0.1) is 0 Å². The zero-order valence-electron chi connectivity index (χ0n) is 11.5. The molecular weight excluding hydrogens is 232 g/mol. The van der Waals surface area contributed by atoms with Crippen LogP contribution in [0.1, 0.15) is 59.3 Å². The van der Waals surface area contributed by atoms with Crippen LogP contribution in [-0.2, 0) is 14.4 Å². The fourth-order valence-corrected chi connectivity index (χ4v) is 5.08. The molecule has 0 bridgehead atoms. The average molecular weight is 256 g/mol. The zero-order chi connectivity index (χ0) is 13.5. The smallest absolute Gasteiger partial charge is 0.276 e. The summed E-state index contributed by atoms with van der Waals surface area (Å²) in [6.07, 6.45) is 3.23. The van der Waals surface area contributed by atoms with E-state index in [9.17, 15) is 14.4 Å². The van der Waals surface area contributed by atoms with Crippen LogP contribution in [0.15, 0.2) is 0 Å². The van der Waals surface area contributed by atoms with Gasteiger partial charge in [-0.05, 0) is 25.8 Å². The van der Waals surface area contributed by atoms with Crippen molar-refractivity contribution in [1.29, 1.82) is 0 Å². The molecule has 0 amide bonds. The van der Waals surface area contributed by atoms with Gasteiger partial charge in [-0.15, -0.1) is 0 Å². The summed E-state index contributed by atoms with van der Waals surface area (Å²) in [4.78, 5) is 36.4. The second-order valence-corrected chi connectivity index (χ2v) is 8.57. The third kappa shape index (κ3) is 3.87. The van der Waals surface area contributed by atoms with E-state index in [0.717, 1.165) is 0 Å². The van der Waals surface area contributed by atoms with Crippen molar-refractivity contribution >= 4 is 24.3 Å². The Morgan fingerprint density at radius 1 is 0.706 bits per heavy atom.